The number of amides is 1. The number of nitrogens with one attached hydrogen (secondary N) is 1. The summed E-state index contributed by atoms with van der Waals surface area (Å²) < 4.78 is 34.6. The van der Waals surface area contributed by atoms with Crippen LogP contribution in [0.5, 0.6) is 0 Å². The van der Waals surface area contributed by atoms with Crippen LogP contribution in [0.25, 0.3) is 11.1 Å². The van der Waals surface area contributed by atoms with Crippen molar-refractivity contribution in [1.29, 1.82) is 0 Å². The topological polar surface area (TPSA) is 38.3 Å². The lowest BCUT2D eigenvalue weighted by Gasteiger charge is -2.43. The van der Waals surface area contributed by atoms with Gasteiger partial charge in [0, 0.05) is 31.2 Å². The van der Waals surface area contributed by atoms with Crippen molar-refractivity contribution >= 4 is 23.4 Å². The first kappa shape index (κ1) is 23.0. The second-order valence-corrected chi connectivity index (χ2v) is 8.84. The van der Waals surface area contributed by atoms with Gasteiger partial charge in [0.2, 0.25) is 0 Å². The van der Waals surface area contributed by atoms with Gasteiger partial charge in [0.1, 0.15) is 17.7 Å². The lowest BCUT2D eigenvalue weighted by molar-refractivity contribution is -0.931. The minimum atomic E-state index is -0.679. The first-order valence-corrected chi connectivity index (χ1v) is 10.2. The van der Waals surface area contributed by atoms with E-state index in [2.05, 4.69) is 19.4 Å². The van der Waals surface area contributed by atoms with Crippen molar-refractivity contribution in [3.05, 3.63) is 53.1 Å². The van der Waals surface area contributed by atoms with Crippen LogP contribution in [-0.2, 0) is 4.74 Å². The van der Waals surface area contributed by atoms with Crippen molar-refractivity contribution in [3.8, 4) is 11.1 Å². The minimum Gasteiger partial charge on any atom is -1.00 e. The van der Waals surface area contributed by atoms with Gasteiger partial charge in [-0.25, -0.2) is 13.6 Å². The average Bonchev–Trinajstić information content (AvgIpc) is 2.83. The maximum absolute atomic E-state index is 14.5. The minimum absolute atomic E-state index is 0. The van der Waals surface area contributed by atoms with Crippen molar-refractivity contribution in [2.75, 3.05) is 19.4 Å². The van der Waals surface area contributed by atoms with E-state index in [0.29, 0.717) is 23.2 Å². The molecule has 2 saturated heterocycles. The van der Waals surface area contributed by atoms with Crippen molar-refractivity contribution in [3.63, 3.8) is 0 Å². The third-order valence-corrected chi connectivity index (χ3v) is 6.82. The number of fused-ring (bicyclic) bond motifs is 2. The number of nitrogens with zero attached hydrogens (tertiary/aromatic N) is 1. The number of carbonyl (C=O) groups is 1. The van der Waals surface area contributed by atoms with Gasteiger partial charge in [-0.1, -0.05) is 29.8 Å². The Hall–Kier alpha value is -1.70. The monoisotopic (exact) mass is 500 g/mol. The maximum Gasteiger partial charge on any atom is 0.412 e. The van der Waals surface area contributed by atoms with Crippen LogP contribution in [0.2, 0.25) is 5.02 Å². The van der Waals surface area contributed by atoms with Crippen LogP contribution in [0.15, 0.2) is 36.4 Å². The Bertz CT molecular complexity index is 941. The van der Waals surface area contributed by atoms with Crippen LogP contribution in [0.3, 0.4) is 0 Å². The smallest absolute Gasteiger partial charge is 0.412 e. The Morgan fingerprint density at radius 1 is 1.10 bits per heavy atom. The molecule has 0 radical (unpaired) electrons. The molecular formula is C22H24BrClF2N2O2. The number of anilines is 1. The van der Waals surface area contributed by atoms with E-state index in [1.165, 1.54) is 30.3 Å². The molecule has 30 heavy (non-hydrogen) atoms. The lowest BCUT2D eigenvalue weighted by Crippen LogP contribution is -3.00. The molecule has 0 saturated carbocycles. The van der Waals surface area contributed by atoms with E-state index < -0.39 is 17.7 Å². The average molecular weight is 502 g/mol. The maximum atomic E-state index is 14.5. The van der Waals surface area contributed by atoms with E-state index in [0.717, 1.165) is 30.2 Å². The summed E-state index contributed by atoms with van der Waals surface area (Å²) in [7, 11) is 4.47. The van der Waals surface area contributed by atoms with Crippen molar-refractivity contribution in [2.45, 2.75) is 43.9 Å². The van der Waals surface area contributed by atoms with Crippen LogP contribution in [0, 0.1) is 11.6 Å². The van der Waals surface area contributed by atoms with Gasteiger partial charge < -0.3 is 26.2 Å². The highest BCUT2D eigenvalue weighted by Crippen LogP contribution is 2.40. The molecule has 2 fully saturated rings. The number of para-hydroxylation sites is 1. The summed E-state index contributed by atoms with van der Waals surface area (Å²) in [4.78, 5) is 12.5. The molecule has 2 bridgehead atoms. The predicted octanol–water partition coefficient (Wildman–Crippen LogP) is 2.61. The second-order valence-electron chi connectivity index (χ2n) is 8.43. The molecule has 1 unspecified atom stereocenters. The lowest BCUT2D eigenvalue weighted by atomic mass is 9.98. The molecule has 2 aromatic carbocycles. The third-order valence-electron chi connectivity index (χ3n) is 6.53. The van der Waals surface area contributed by atoms with Gasteiger partial charge in [-0.3, -0.25) is 5.32 Å². The number of halogens is 4. The fourth-order valence-corrected chi connectivity index (χ4v) is 4.95. The number of carbonyl (C=O) groups excluding carboxylic acids is 1. The van der Waals surface area contributed by atoms with E-state index >= 15 is 0 Å². The van der Waals surface area contributed by atoms with Crippen LogP contribution in [0.4, 0.5) is 19.3 Å². The number of benzene rings is 2. The highest BCUT2D eigenvalue weighted by molar-refractivity contribution is 6.31. The van der Waals surface area contributed by atoms with Crippen molar-refractivity contribution in [1.82, 2.24) is 0 Å². The normalized spacial score (nSPS) is 24.1. The number of quaternary nitrogens is 1. The molecule has 2 heterocycles. The van der Waals surface area contributed by atoms with Gasteiger partial charge in [-0.05, 0) is 23.8 Å². The first-order chi connectivity index (χ1) is 13.8. The first-order valence-electron chi connectivity index (χ1n) is 9.80. The van der Waals surface area contributed by atoms with Gasteiger partial charge in [-0.15, -0.1) is 0 Å². The van der Waals surface area contributed by atoms with Gasteiger partial charge >= 0.3 is 6.09 Å². The summed E-state index contributed by atoms with van der Waals surface area (Å²) in [5, 5.41) is 2.48. The molecular weight excluding hydrogens is 478 g/mol. The molecule has 1 amide bonds. The van der Waals surface area contributed by atoms with Gasteiger partial charge in [0.25, 0.3) is 0 Å². The van der Waals surface area contributed by atoms with Crippen molar-refractivity contribution in [2.24, 2.45) is 0 Å². The van der Waals surface area contributed by atoms with Gasteiger partial charge in [0.15, 0.2) is 0 Å². The Balaban J connectivity index is 0.00000256. The molecule has 2 aromatic rings. The second kappa shape index (κ2) is 8.81. The zero-order valence-electron chi connectivity index (χ0n) is 16.8. The van der Waals surface area contributed by atoms with Gasteiger partial charge in [0.05, 0.1) is 36.9 Å². The number of ether oxygens (including phenoxy) is 1. The number of rotatable bonds is 3. The number of piperidine rings is 1. The molecule has 4 nitrogen and oxygen atoms in total. The molecule has 0 spiro atoms. The van der Waals surface area contributed by atoms with E-state index in [4.69, 9.17) is 16.3 Å². The molecule has 3 atom stereocenters. The molecule has 4 rings (SSSR count). The highest BCUT2D eigenvalue weighted by atomic mass is 79.9. The summed E-state index contributed by atoms with van der Waals surface area (Å²) in [6.45, 7) is 0. The zero-order valence-corrected chi connectivity index (χ0v) is 19.1. The molecule has 8 heteroatoms. The Morgan fingerprint density at radius 3 is 2.40 bits per heavy atom. The van der Waals surface area contributed by atoms with Crippen LogP contribution in [-0.4, -0.2) is 42.9 Å². The van der Waals surface area contributed by atoms with Crippen LogP contribution in [0.1, 0.15) is 25.7 Å². The fourth-order valence-electron chi connectivity index (χ4n) is 4.77. The Morgan fingerprint density at radius 2 is 1.77 bits per heavy atom. The molecule has 0 aliphatic carbocycles. The summed E-state index contributed by atoms with van der Waals surface area (Å²) in [6.07, 6.45) is 3.06. The van der Waals surface area contributed by atoms with Crippen molar-refractivity contribution < 1.29 is 39.8 Å². The highest BCUT2D eigenvalue weighted by Gasteiger charge is 2.49. The fraction of sp³-hybridized carbons (Fsp3) is 0.409. The molecule has 2 aliphatic rings. The molecule has 162 valence electrons. The summed E-state index contributed by atoms with van der Waals surface area (Å²) >= 11 is 5.86. The quantitative estimate of drug-likeness (QED) is 0.657. The molecule has 0 aromatic heterocycles. The van der Waals surface area contributed by atoms with E-state index in [-0.39, 0.29) is 33.8 Å². The standard InChI is InChI=1S/C22H23ClF2N2O2.BrH/c1-27(2)14-7-8-15(27)12-16(11-14)29-22(28)26-21-17(4-3-5-20(21)25)13-6-9-19(24)18(23)10-13;/h3-6,9-10,14-16H,7-8,11-12H2,1-2H3;1H/t14-,15+,16?;. The summed E-state index contributed by atoms with van der Waals surface area (Å²) in [5.74, 6) is -1.16. The molecule has 2 aliphatic heterocycles. The molecule has 1 N–H and O–H groups in total. The third kappa shape index (κ3) is 4.34. The zero-order chi connectivity index (χ0) is 20.8. The van der Waals surface area contributed by atoms with Gasteiger partial charge in [-0.2, -0.15) is 0 Å². The summed E-state index contributed by atoms with van der Waals surface area (Å²) in [6, 6.07) is 9.49. The van der Waals surface area contributed by atoms with E-state index in [1.807, 2.05) is 0 Å². The predicted molar refractivity (Wildman–Crippen MR) is 109 cm³/mol. The Labute approximate surface area is 190 Å². The Kier molecular flexibility index (Phi) is 6.75. The number of hydrogen-bond donors (Lipinski definition) is 1. The van der Waals surface area contributed by atoms with Crippen LogP contribution < -0.4 is 22.3 Å². The van der Waals surface area contributed by atoms with Crippen LogP contribution >= 0.6 is 11.6 Å². The largest absolute Gasteiger partial charge is 1.00 e. The van der Waals surface area contributed by atoms with E-state index in [1.54, 1.807) is 6.07 Å². The SMILES string of the molecule is C[N+]1(C)[C@@H]2CC[C@H]1CC(OC(=O)Nc1c(F)cccc1-c1ccc(F)c(Cl)c1)C2.[Br-]. The summed E-state index contributed by atoms with van der Waals surface area (Å²) in [5.41, 5.74) is 0.904. The van der Waals surface area contributed by atoms with E-state index in [9.17, 15) is 13.6 Å². The number of hydrogen-bond acceptors (Lipinski definition) is 2.